The third-order valence-corrected chi connectivity index (χ3v) is 3.58. The van der Waals surface area contributed by atoms with E-state index in [2.05, 4.69) is 22.3 Å². The highest BCUT2D eigenvalue weighted by Crippen LogP contribution is 2.31. The monoisotopic (exact) mass is 283 g/mol. The van der Waals surface area contributed by atoms with Crippen LogP contribution >= 0.6 is 11.6 Å². The van der Waals surface area contributed by atoms with Gasteiger partial charge in [-0.2, -0.15) is 0 Å². The molecule has 0 amide bonds. The summed E-state index contributed by atoms with van der Waals surface area (Å²) >= 11 is 6.09. The number of nitrogens with zero attached hydrogens (tertiary/aromatic N) is 2. The maximum atomic E-state index is 6.09. The van der Waals surface area contributed by atoms with Crippen molar-refractivity contribution in [2.24, 2.45) is 0 Å². The topological polar surface area (TPSA) is 27.7 Å². The predicted octanol–water partition coefficient (Wildman–Crippen LogP) is 2.39. The number of hydrogen-bond acceptors (Lipinski definition) is 4. The number of hydrogen-bond donors (Lipinski definition) is 1. The first kappa shape index (κ1) is 14.4. The zero-order valence-electron chi connectivity index (χ0n) is 11.7. The molecule has 0 bridgehead atoms. The molecule has 5 heteroatoms. The van der Waals surface area contributed by atoms with E-state index in [1.807, 2.05) is 18.2 Å². The average Bonchev–Trinajstić information content (AvgIpc) is 2.45. The molecule has 0 atom stereocenters. The van der Waals surface area contributed by atoms with Gasteiger partial charge in [0.05, 0.1) is 12.8 Å². The van der Waals surface area contributed by atoms with E-state index in [4.69, 9.17) is 16.3 Å². The molecule has 1 aromatic carbocycles. The van der Waals surface area contributed by atoms with Gasteiger partial charge in [0, 0.05) is 37.7 Å². The molecule has 2 rings (SSSR count). The van der Waals surface area contributed by atoms with Crippen LogP contribution in [0.5, 0.6) is 5.75 Å². The van der Waals surface area contributed by atoms with Gasteiger partial charge in [-0.3, -0.25) is 5.43 Å². The summed E-state index contributed by atoms with van der Waals surface area (Å²) in [6.45, 7) is 7.20. The first-order valence-corrected chi connectivity index (χ1v) is 7.19. The van der Waals surface area contributed by atoms with E-state index < -0.39 is 0 Å². The molecule has 1 N–H and O–H groups in total. The zero-order chi connectivity index (χ0) is 13.7. The lowest BCUT2D eigenvalue weighted by molar-refractivity contribution is 0.176. The fourth-order valence-corrected chi connectivity index (χ4v) is 2.45. The largest absolute Gasteiger partial charge is 0.495 e. The van der Waals surface area contributed by atoms with Gasteiger partial charge >= 0.3 is 0 Å². The van der Waals surface area contributed by atoms with E-state index in [9.17, 15) is 0 Å². The van der Waals surface area contributed by atoms with Crippen LogP contribution in [0, 0.1) is 0 Å². The highest BCUT2D eigenvalue weighted by Gasteiger charge is 2.19. The van der Waals surface area contributed by atoms with Crippen molar-refractivity contribution >= 4 is 17.3 Å². The Morgan fingerprint density at radius 1 is 1.26 bits per heavy atom. The van der Waals surface area contributed by atoms with Gasteiger partial charge in [0.2, 0.25) is 0 Å². The van der Waals surface area contributed by atoms with Crippen molar-refractivity contribution in [3.63, 3.8) is 0 Å². The Hall–Kier alpha value is -0.970. The van der Waals surface area contributed by atoms with Crippen molar-refractivity contribution in [3.05, 3.63) is 23.2 Å². The molecular formula is C14H22ClN3O. The van der Waals surface area contributed by atoms with E-state index in [0.717, 1.165) is 55.6 Å². The van der Waals surface area contributed by atoms with Gasteiger partial charge in [0.1, 0.15) is 5.75 Å². The molecular weight excluding hydrogens is 262 g/mol. The predicted molar refractivity (Wildman–Crippen MR) is 80.1 cm³/mol. The van der Waals surface area contributed by atoms with E-state index in [0.29, 0.717) is 0 Å². The zero-order valence-corrected chi connectivity index (χ0v) is 12.4. The number of rotatable bonds is 5. The van der Waals surface area contributed by atoms with Crippen LogP contribution in [0.2, 0.25) is 5.02 Å². The summed E-state index contributed by atoms with van der Waals surface area (Å²) in [6.07, 6.45) is 1.16. The third kappa shape index (κ3) is 3.75. The molecule has 0 aromatic heterocycles. The van der Waals surface area contributed by atoms with E-state index in [1.54, 1.807) is 7.11 Å². The van der Waals surface area contributed by atoms with Crippen LogP contribution in [0.15, 0.2) is 18.2 Å². The van der Waals surface area contributed by atoms with Crippen LogP contribution in [0.1, 0.15) is 13.3 Å². The van der Waals surface area contributed by atoms with Crippen molar-refractivity contribution in [1.82, 2.24) is 10.4 Å². The van der Waals surface area contributed by atoms with E-state index >= 15 is 0 Å². The Bertz CT molecular complexity index is 406. The van der Waals surface area contributed by atoms with Crippen LogP contribution in [0.4, 0.5) is 5.69 Å². The average molecular weight is 284 g/mol. The molecule has 1 aliphatic rings. The second-order valence-corrected chi connectivity index (χ2v) is 5.13. The van der Waals surface area contributed by atoms with Crippen LogP contribution in [-0.2, 0) is 0 Å². The molecule has 4 nitrogen and oxygen atoms in total. The number of methoxy groups -OCH3 is 1. The molecule has 1 saturated heterocycles. The lowest BCUT2D eigenvalue weighted by atomic mass is 10.2. The van der Waals surface area contributed by atoms with Crippen LogP contribution < -0.4 is 15.1 Å². The summed E-state index contributed by atoms with van der Waals surface area (Å²) < 4.78 is 5.42. The minimum Gasteiger partial charge on any atom is -0.495 e. The summed E-state index contributed by atoms with van der Waals surface area (Å²) in [7, 11) is 1.70. The minimum atomic E-state index is 0.752. The normalized spacial score (nSPS) is 16.7. The van der Waals surface area contributed by atoms with Crippen LogP contribution in [-0.4, -0.2) is 44.8 Å². The molecule has 0 spiro atoms. The molecule has 19 heavy (non-hydrogen) atoms. The number of piperazine rings is 1. The summed E-state index contributed by atoms with van der Waals surface area (Å²) in [4.78, 5) is 2.33. The van der Waals surface area contributed by atoms with Crippen molar-refractivity contribution in [3.8, 4) is 5.75 Å². The summed E-state index contributed by atoms with van der Waals surface area (Å²) in [5, 5.41) is 3.04. The standard InChI is InChI=1S/C14H22ClN3O/c1-3-6-16-18-9-7-17(8-10-18)13-11-12(15)4-5-14(13)19-2/h4-5,11,16H,3,6-10H2,1-2H3. The van der Waals surface area contributed by atoms with Gasteiger partial charge in [-0.15, -0.1) is 0 Å². The molecule has 1 aliphatic heterocycles. The van der Waals surface area contributed by atoms with Gasteiger partial charge in [-0.25, -0.2) is 5.01 Å². The van der Waals surface area contributed by atoms with E-state index in [1.165, 1.54) is 0 Å². The van der Waals surface area contributed by atoms with Crippen molar-refractivity contribution in [2.45, 2.75) is 13.3 Å². The van der Waals surface area contributed by atoms with Gasteiger partial charge in [0.15, 0.2) is 0 Å². The minimum absolute atomic E-state index is 0.752. The van der Waals surface area contributed by atoms with Crippen LogP contribution in [0.3, 0.4) is 0 Å². The Labute approximate surface area is 120 Å². The lowest BCUT2D eigenvalue weighted by Crippen LogP contribution is -2.52. The number of halogens is 1. The Morgan fingerprint density at radius 2 is 2.00 bits per heavy atom. The second kappa shape index (κ2) is 6.98. The van der Waals surface area contributed by atoms with Crippen LogP contribution in [0.25, 0.3) is 0 Å². The van der Waals surface area contributed by atoms with E-state index in [-0.39, 0.29) is 0 Å². The maximum absolute atomic E-state index is 6.09. The number of anilines is 1. The Morgan fingerprint density at radius 3 is 2.63 bits per heavy atom. The first-order chi connectivity index (χ1) is 9.24. The molecule has 0 unspecified atom stereocenters. The van der Waals surface area contributed by atoms with Gasteiger partial charge in [0.25, 0.3) is 0 Å². The SMILES string of the molecule is CCCNN1CCN(c2cc(Cl)ccc2OC)CC1. The maximum Gasteiger partial charge on any atom is 0.142 e. The van der Waals surface area contributed by atoms with Crippen molar-refractivity contribution < 1.29 is 4.74 Å². The Kier molecular flexibility index (Phi) is 5.31. The first-order valence-electron chi connectivity index (χ1n) is 6.81. The van der Waals surface area contributed by atoms with Crippen molar-refractivity contribution in [1.29, 1.82) is 0 Å². The van der Waals surface area contributed by atoms with Gasteiger partial charge in [-0.05, 0) is 24.6 Å². The quantitative estimate of drug-likeness (QED) is 0.898. The number of hydrazine groups is 1. The van der Waals surface area contributed by atoms with Crippen molar-refractivity contribution in [2.75, 3.05) is 44.7 Å². The number of ether oxygens (including phenoxy) is 1. The molecule has 1 aromatic rings. The fourth-order valence-electron chi connectivity index (χ4n) is 2.29. The summed E-state index contributed by atoms with van der Waals surface area (Å²) in [5.74, 6) is 0.888. The third-order valence-electron chi connectivity index (χ3n) is 3.35. The molecule has 0 saturated carbocycles. The highest BCUT2D eigenvalue weighted by molar-refractivity contribution is 6.30. The number of benzene rings is 1. The van der Waals surface area contributed by atoms with Gasteiger partial charge in [-0.1, -0.05) is 18.5 Å². The lowest BCUT2D eigenvalue weighted by Gasteiger charge is -2.36. The van der Waals surface area contributed by atoms with Gasteiger partial charge < -0.3 is 9.64 Å². The highest BCUT2D eigenvalue weighted by atomic mass is 35.5. The number of nitrogens with one attached hydrogen (secondary N) is 1. The summed E-state index contributed by atoms with van der Waals surface area (Å²) in [6, 6.07) is 5.78. The molecule has 0 radical (unpaired) electrons. The molecule has 1 fully saturated rings. The molecule has 106 valence electrons. The smallest absolute Gasteiger partial charge is 0.142 e. The fraction of sp³-hybridized carbons (Fsp3) is 0.571. The summed E-state index contributed by atoms with van der Waals surface area (Å²) in [5.41, 5.74) is 4.52. The second-order valence-electron chi connectivity index (χ2n) is 4.70. The molecule has 0 aliphatic carbocycles. The Balaban J connectivity index is 1.99. The molecule has 1 heterocycles.